The summed E-state index contributed by atoms with van der Waals surface area (Å²) in [6.07, 6.45) is 22.1. The van der Waals surface area contributed by atoms with Gasteiger partial charge in [-0.25, -0.2) is 12.2 Å². The topological polar surface area (TPSA) is 17.1 Å². The zero-order valence-corrected chi connectivity index (χ0v) is 17.3. The van der Waals surface area contributed by atoms with Crippen LogP contribution < -0.4 is 0 Å². The molecule has 0 aliphatic carbocycles. The molecule has 1 radical (unpaired) electrons. The smallest absolute Gasteiger partial charge is 0.129 e. The third-order valence-electron chi connectivity index (χ3n) is 2.63. The Kier molecular flexibility index (Phi) is 31.1. The van der Waals surface area contributed by atoms with Gasteiger partial charge in [0.2, 0.25) is 0 Å². The van der Waals surface area contributed by atoms with Crippen LogP contribution in [0.5, 0.6) is 0 Å². The van der Waals surface area contributed by atoms with Gasteiger partial charge in [0.05, 0.1) is 0 Å². The fourth-order valence-corrected chi connectivity index (χ4v) is 1.44. The van der Waals surface area contributed by atoms with Crippen molar-refractivity contribution in [2.45, 2.75) is 65.2 Å². The van der Waals surface area contributed by atoms with Crippen LogP contribution in [0, 0.1) is 13.5 Å². The summed E-state index contributed by atoms with van der Waals surface area (Å²) >= 11 is 0. The molecule has 0 heterocycles. The van der Waals surface area contributed by atoms with Gasteiger partial charge in [0.25, 0.3) is 0 Å². The van der Waals surface area contributed by atoms with E-state index in [1.165, 1.54) is 18.9 Å². The maximum atomic E-state index is 10.7. The summed E-state index contributed by atoms with van der Waals surface area (Å²) in [6.45, 7) is 12.7. The SMILES string of the molecule is [CH-]=C/C=C\C/C=C\C/C=C\CCCC(C)=O.[CH2-]CCCC.[Y]. The summed E-state index contributed by atoms with van der Waals surface area (Å²) in [7, 11) is 0. The second-order valence-electron chi connectivity index (χ2n) is 4.84. The molecule has 2 heteroatoms. The van der Waals surface area contributed by atoms with Crippen molar-refractivity contribution >= 4 is 5.78 Å². The van der Waals surface area contributed by atoms with E-state index >= 15 is 0 Å². The molecule has 0 aliphatic rings. The monoisotopic (exact) mass is 377 g/mol. The number of unbranched alkanes of at least 4 members (excludes halogenated alkanes) is 3. The van der Waals surface area contributed by atoms with Gasteiger partial charge in [0.15, 0.2) is 0 Å². The van der Waals surface area contributed by atoms with Crippen LogP contribution >= 0.6 is 0 Å². The zero-order chi connectivity index (χ0) is 16.2. The van der Waals surface area contributed by atoms with E-state index in [0.717, 1.165) is 32.1 Å². The summed E-state index contributed by atoms with van der Waals surface area (Å²) < 4.78 is 0. The molecule has 0 saturated heterocycles. The second-order valence-corrected chi connectivity index (χ2v) is 4.84. The van der Waals surface area contributed by atoms with Gasteiger partial charge >= 0.3 is 0 Å². The summed E-state index contributed by atoms with van der Waals surface area (Å²) in [5.74, 6) is 0.275. The van der Waals surface area contributed by atoms with Gasteiger partial charge in [-0.15, -0.1) is 0 Å². The number of carbonyl (C=O) groups excluding carboxylic acids is 1. The minimum Gasteiger partial charge on any atom is -0.343 e. The van der Waals surface area contributed by atoms with Crippen molar-refractivity contribution in [1.82, 2.24) is 0 Å². The summed E-state index contributed by atoms with van der Waals surface area (Å²) in [4.78, 5) is 10.7. The van der Waals surface area contributed by atoms with E-state index in [2.05, 4.69) is 38.2 Å². The Labute approximate surface area is 163 Å². The molecule has 0 amide bonds. The molecule has 0 rings (SSSR count). The Morgan fingerprint density at radius 3 is 2.09 bits per heavy atom. The molecule has 0 atom stereocenters. The number of hydrogen-bond donors (Lipinski definition) is 0. The molecular formula is C20H32OY-2. The van der Waals surface area contributed by atoms with Crippen LogP contribution in [0.2, 0.25) is 0 Å². The zero-order valence-electron chi connectivity index (χ0n) is 14.5. The van der Waals surface area contributed by atoms with E-state index in [-0.39, 0.29) is 38.5 Å². The van der Waals surface area contributed by atoms with E-state index in [1.807, 2.05) is 12.2 Å². The molecule has 0 saturated carbocycles. The Hall–Kier alpha value is -0.266. The molecule has 123 valence electrons. The van der Waals surface area contributed by atoms with Crippen LogP contribution in [0.4, 0.5) is 0 Å². The van der Waals surface area contributed by atoms with Crippen molar-refractivity contribution in [3.8, 4) is 0 Å². The summed E-state index contributed by atoms with van der Waals surface area (Å²) in [6, 6.07) is 0. The predicted octanol–water partition coefficient (Wildman–Crippen LogP) is 6.19. The van der Waals surface area contributed by atoms with E-state index in [9.17, 15) is 4.79 Å². The van der Waals surface area contributed by atoms with Gasteiger partial charge < -0.3 is 11.7 Å². The maximum absolute atomic E-state index is 10.7. The second kappa shape index (κ2) is 25.7. The van der Waals surface area contributed by atoms with Crippen molar-refractivity contribution in [2.75, 3.05) is 0 Å². The number of ketones is 1. The van der Waals surface area contributed by atoms with E-state index in [4.69, 9.17) is 6.58 Å². The van der Waals surface area contributed by atoms with Crippen LogP contribution in [0.1, 0.15) is 65.2 Å². The molecule has 0 spiro atoms. The molecule has 0 fully saturated rings. The molecule has 0 unspecified atom stereocenters. The van der Waals surface area contributed by atoms with Gasteiger partial charge in [0.1, 0.15) is 5.78 Å². The van der Waals surface area contributed by atoms with Gasteiger partial charge in [-0.3, -0.25) is 6.58 Å². The van der Waals surface area contributed by atoms with Crippen molar-refractivity contribution in [3.63, 3.8) is 0 Å². The molecule has 0 bridgehead atoms. The largest absolute Gasteiger partial charge is 0.343 e. The van der Waals surface area contributed by atoms with E-state index in [0.29, 0.717) is 6.42 Å². The molecule has 0 aromatic heterocycles. The third kappa shape index (κ3) is 31.9. The first kappa shape index (κ1) is 26.6. The number of allylic oxidation sites excluding steroid dienone is 7. The van der Waals surface area contributed by atoms with Crippen molar-refractivity contribution in [1.29, 1.82) is 0 Å². The predicted molar refractivity (Wildman–Crippen MR) is 94.9 cm³/mol. The normalized spacial score (nSPS) is 10.5. The Bertz CT molecular complexity index is 312. The number of rotatable bonds is 11. The average molecular weight is 377 g/mol. The van der Waals surface area contributed by atoms with Gasteiger partial charge in [-0.1, -0.05) is 44.1 Å². The Morgan fingerprint density at radius 2 is 1.64 bits per heavy atom. The van der Waals surface area contributed by atoms with Crippen molar-refractivity contribution < 1.29 is 37.5 Å². The first-order chi connectivity index (χ1) is 10.2. The summed E-state index contributed by atoms with van der Waals surface area (Å²) in [5, 5.41) is 0. The minimum absolute atomic E-state index is 0. The quantitative estimate of drug-likeness (QED) is 0.182. The van der Waals surface area contributed by atoms with Gasteiger partial charge in [0, 0.05) is 39.1 Å². The first-order valence-electron chi connectivity index (χ1n) is 7.97. The molecule has 0 aliphatic heterocycles. The van der Waals surface area contributed by atoms with Crippen LogP contribution in [0.3, 0.4) is 0 Å². The fraction of sp³-hybridized carbons (Fsp3) is 0.500. The van der Waals surface area contributed by atoms with E-state index < -0.39 is 0 Å². The van der Waals surface area contributed by atoms with Crippen molar-refractivity contribution in [2.24, 2.45) is 0 Å². The maximum Gasteiger partial charge on any atom is 0.129 e. The molecule has 22 heavy (non-hydrogen) atoms. The Morgan fingerprint density at radius 1 is 1.05 bits per heavy atom. The van der Waals surface area contributed by atoms with Crippen molar-refractivity contribution in [3.05, 3.63) is 56.0 Å². The fourth-order valence-electron chi connectivity index (χ4n) is 1.44. The third-order valence-corrected chi connectivity index (χ3v) is 2.63. The van der Waals surface area contributed by atoms with Crippen LogP contribution in [-0.4, -0.2) is 5.78 Å². The van der Waals surface area contributed by atoms with Crippen LogP contribution in [0.25, 0.3) is 0 Å². The molecule has 1 nitrogen and oxygen atoms in total. The average Bonchev–Trinajstić information content (AvgIpc) is 2.46. The Balaban J connectivity index is -0.000000520. The molecule has 0 N–H and O–H groups in total. The number of carbonyl (C=O) groups is 1. The summed E-state index contributed by atoms with van der Waals surface area (Å²) in [5.41, 5.74) is 0. The van der Waals surface area contributed by atoms with E-state index in [1.54, 1.807) is 6.92 Å². The number of hydrogen-bond acceptors (Lipinski definition) is 1. The first-order valence-corrected chi connectivity index (χ1v) is 7.97. The number of Topliss-reactive ketones (excluding diaryl/α,β-unsaturated/α-hetero) is 1. The van der Waals surface area contributed by atoms with Gasteiger partial charge in [-0.05, 0) is 32.6 Å². The minimum atomic E-state index is 0. The van der Waals surface area contributed by atoms with Gasteiger partial charge in [-0.2, -0.15) is 12.5 Å². The molecular weight excluding hydrogens is 345 g/mol. The standard InChI is InChI=1S/C15H21O.C5H11.Y/c1-3-4-5-6-7-8-9-10-11-12-13-14-15(2)16;1-3-5-4-2;/h1,3-5,7-8,10-11H,6,9,12-14H2,2H3;1,3-5H2,2H3;/q2*-1;/b5-4-,8-7-,11-10-;;. The van der Waals surface area contributed by atoms with Crippen LogP contribution in [0.15, 0.2) is 42.5 Å². The molecule has 0 aromatic rings. The van der Waals surface area contributed by atoms with Crippen LogP contribution in [-0.2, 0) is 37.5 Å². The molecule has 0 aromatic carbocycles.